The second-order valence-electron chi connectivity index (χ2n) is 8.79. The van der Waals surface area contributed by atoms with Gasteiger partial charge in [-0.05, 0) is 62.4 Å². The summed E-state index contributed by atoms with van der Waals surface area (Å²) in [6.45, 7) is 8.07. The van der Waals surface area contributed by atoms with Crippen molar-refractivity contribution in [2.75, 3.05) is 11.9 Å². The topological polar surface area (TPSA) is 8.17 Å². The molecule has 4 aromatic carbocycles. The molecule has 0 unspecified atom stereocenters. The number of benzene rings is 4. The van der Waals surface area contributed by atoms with Crippen molar-refractivity contribution in [2.45, 2.75) is 18.7 Å². The van der Waals surface area contributed by atoms with Crippen LogP contribution in [-0.4, -0.2) is 11.6 Å². The molecule has 5 aromatic rings. The molecule has 0 spiro atoms. The van der Waals surface area contributed by atoms with E-state index in [1.165, 1.54) is 54.2 Å². The Morgan fingerprint density at radius 3 is 2.25 bits per heavy atom. The molecular weight excluding hydrogens is 456 g/mol. The number of para-hydroxylation sites is 3. The molecule has 1 aromatic heterocycles. The van der Waals surface area contributed by atoms with Crippen LogP contribution in [0, 0.1) is 6.92 Å². The van der Waals surface area contributed by atoms with Crippen molar-refractivity contribution in [1.29, 1.82) is 0 Å². The van der Waals surface area contributed by atoms with E-state index >= 15 is 0 Å². The summed E-state index contributed by atoms with van der Waals surface area (Å²) in [5.41, 5.74) is 7.51. The summed E-state index contributed by atoms with van der Waals surface area (Å²) < 4.78 is 2.34. The molecule has 36 heavy (non-hydrogen) atoms. The molecule has 0 fully saturated rings. The first-order valence-corrected chi connectivity index (χ1v) is 13.0. The highest BCUT2D eigenvalue weighted by atomic mass is 32.2. The fourth-order valence-corrected chi connectivity index (χ4v) is 5.81. The Morgan fingerprint density at radius 1 is 0.778 bits per heavy atom. The van der Waals surface area contributed by atoms with Crippen LogP contribution in [0.5, 0.6) is 0 Å². The maximum atomic E-state index is 3.88. The van der Waals surface area contributed by atoms with Crippen LogP contribution in [0.3, 0.4) is 0 Å². The van der Waals surface area contributed by atoms with Crippen molar-refractivity contribution < 1.29 is 0 Å². The van der Waals surface area contributed by atoms with Gasteiger partial charge in [0, 0.05) is 33.3 Å². The molecule has 0 bridgehead atoms. The number of hydrogen-bond acceptors (Lipinski definition) is 2. The molecule has 0 amide bonds. The summed E-state index contributed by atoms with van der Waals surface area (Å²) in [5, 5.41) is 2.64. The number of aromatic nitrogens is 1. The summed E-state index contributed by atoms with van der Waals surface area (Å²) in [6, 6.07) is 34.3. The smallest absolute Gasteiger partial charge is 0.0550 e. The Bertz CT molecular complexity index is 1610. The number of rotatable bonds is 3. The molecule has 3 heteroatoms. The molecule has 178 valence electrons. The van der Waals surface area contributed by atoms with Crippen molar-refractivity contribution in [3.05, 3.63) is 138 Å². The van der Waals surface area contributed by atoms with Crippen LogP contribution in [-0.2, 0) is 0 Å². The van der Waals surface area contributed by atoms with Crippen molar-refractivity contribution in [2.24, 2.45) is 0 Å². The third-order valence-electron chi connectivity index (χ3n) is 6.41. The fraction of sp³-hybridized carbons (Fsp3) is 0.0909. The van der Waals surface area contributed by atoms with Gasteiger partial charge in [-0.1, -0.05) is 90.7 Å². The minimum Gasteiger partial charge on any atom is -0.343 e. The summed E-state index contributed by atoms with van der Waals surface area (Å²) in [7, 11) is 2.09. The van der Waals surface area contributed by atoms with Gasteiger partial charge in [-0.2, -0.15) is 0 Å². The molecule has 1 aliphatic heterocycles. The van der Waals surface area contributed by atoms with Gasteiger partial charge in [0.05, 0.1) is 22.4 Å². The van der Waals surface area contributed by atoms with Crippen molar-refractivity contribution in [3.8, 4) is 5.69 Å². The van der Waals surface area contributed by atoms with Crippen LogP contribution in [0.4, 0.5) is 5.69 Å². The predicted octanol–water partition coefficient (Wildman–Crippen LogP) is 9.29. The van der Waals surface area contributed by atoms with Gasteiger partial charge in [-0.15, -0.1) is 0 Å². The third-order valence-corrected chi connectivity index (χ3v) is 7.57. The molecule has 2 nitrogen and oxygen atoms in total. The highest BCUT2D eigenvalue weighted by Gasteiger charge is 2.19. The van der Waals surface area contributed by atoms with Crippen LogP contribution in [0.1, 0.15) is 12.5 Å². The van der Waals surface area contributed by atoms with E-state index in [1.807, 2.05) is 13.0 Å². The Morgan fingerprint density at radius 2 is 1.47 bits per heavy atom. The molecule has 0 saturated heterocycles. The number of nitrogens with zero attached hydrogens (tertiary/aromatic N) is 2. The zero-order chi connectivity index (χ0) is 25.1. The van der Waals surface area contributed by atoms with Crippen molar-refractivity contribution >= 4 is 39.3 Å². The summed E-state index contributed by atoms with van der Waals surface area (Å²) in [5.74, 6) is 0. The molecule has 0 saturated carbocycles. The quantitative estimate of drug-likeness (QED) is 0.251. The number of likely N-dealkylation sites (N-methyl/N-ethyl adjacent to an activating group) is 1. The van der Waals surface area contributed by atoms with Crippen LogP contribution < -0.4 is 4.90 Å². The SMILES string of the molecule is C=CC1=C(/C=C\C)N(C)c2ccccc2S1.Cc1ccc2c(c1)c1ccccc1n2-c1ccccc1. The first kappa shape index (κ1) is 23.8. The molecule has 0 N–H and O–H groups in total. The maximum Gasteiger partial charge on any atom is 0.0550 e. The van der Waals surface area contributed by atoms with E-state index in [0.717, 1.165) is 0 Å². The van der Waals surface area contributed by atoms with Gasteiger partial charge in [-0.25, -0.2) is 0 Å². The Hall–Kier alpha value is -3.95. The molecule has 0 radical (unpaired) electrons. The Balaban J connectivity index is 0.000000152. The van der Waals surface area contributed by atoms with Crippen LogP contribution in [0.2, 0.25) is 0 Å². The molecule has 0 atom stereocenters. The fourth-order valence-electron chi connectivity index (χ4n) is 4.73. The molecule has 0 aliphatic carbocycles. The highest BCUT2D eigenvalue weighted by molar-refractivity contribution is 8.03. The average Bonchev–Trinajstić information content (AvgIpc) is 3.24. The van der Waals surface area contributed by atoms with E-state index in [4.69, 9.17) is 0 Å². The second kappa shape index (κ2) is 10.3. The monoisotopic (exact) mass is 486 g/mol. The molecule has 2 heterocycles. The van der Waals surface area contributed by atoms with E-state index < -0.39 is 0 Å². The summed E-state index contributed by atoms with van der Waals surface area (Å²) >= 11 is 1.78. The van der Waals surface area contributed by atoms with Gasteiger partial charge < -0.3 is 9.47 Å². The van der Waals surface area contributed by atoms with E-state index in [0.29, 0.717) is 0 Å². The maximum absolute atomic E-state index is 3.88. The highest BCUT2D eigenvalue weighted by Crippen LogP contribution is 2.43. The van der Waals surface area contributed by atoms with E-state index in [9.17, 15) is 0 Å². The third kappa shape index (κ3) is 4.38. The number of thioether (sulfide) groups is 1. The van der Waals surface area contributed by atoms with Crippen LogP contribution >= 0.6 is 11.8 Å². The van der Waals surface area contributed by atoms with E-state index in [2.05, 4.69) is 139 Å². The van der Waals surface area contributed by atoms with Gasteiger partial charge in [0.25, 0.3) is 0 Å². The lowest BCUT2D eigenvalue weighted by Gasteiger charge is -2.29. The van der Waals surface area contributed by atoms with E-state index in [1.54, 1.807) is 11.8 Å². The zero-order valence-electron chi connectivity index (χ0n) is 21.0. The molecule has 6 rings (SSSR count). The van der Waals surface area contributed by atoms with Crippen LogP contribution in [0.15, 0.2) is 137 Å². The lowest BCUT2D eigenvalue weighted by Crippen LogP contribution is -2.19. The standard InChI is InChI=1S/C19H15N.C14H15NS/c1-14-11-12-19-17(13-14)16-9-5-6-10-18(16)20(19)15-7-3-2-4-8-15;1-4-8-11-13(5-2)16-14-10-7-6-9-12(14)15(11)3/h2-13H,1H3;4-10H,2H2,1,3H3/b;8-4-. The van der Waals surface area contributed by atoms with Crippen LogP contribution in [0.25, 0.3) is 27.5 Å². The molecular formula is C33H30N2S. The summed E-state index contributed by atoms with van der Waals surface area (Å²) in [4.78, 5) is 4.70. The number of aryl methyl sites for hydroxylation is 1. The van der Waals surface area contributed by atoms with Gasteiger partial charge in [0.2, 0.25) is 0 Å². The Kier molecular flexibility index (Phi) is 6.84. The first-order chi connectivity index (χ1) is 17.6. The number of anilines is 1. The lowest BCUT2D eigenvalue weighted by molar-refractivity contribution is 1.09. The van der Waals surface area contributed by atoms with Gasteiger partial charge in [0.1, 0.15) is 0 Å². The minimum absolute atomic E-state index is 1.21. The van der Waals surface area contributed by atoms with E-state index in [-0.39, 0.29) is 0 Å². The lowest BCUT2D eigenvalue weighted by atomic mass is 10.1. The predicted molar refractivity (Wildman–Crippen MR) is 158 cm³/mol. The van der Waals surface area contributed by atoms with Gasteiger partial charge in [-0.3, -0.25) is 0 Å². The minimum atomic E-state index is 1.21. The Labute approximate surface area is 217 Å². The van der Waals surface area contributed by atoms with Crippen molar-refractivity contribution in [3.63, 3.8) is 0 Å². The van der Waals surface area contributed by atoms with Crippen molar-refractivity contribution in [1.82, 2.24) is 4.57 Å². The van der Waals surface area contributed by atoms with Gasteiger partial charge >= 0.3 is 0 Å². The number of fused-ring (bicyclic) bond motifs is 4. The van der Waals surface area contributed by atoms with Gasteiger partial charge in [0.15, 0.2) is 0 Å². The average molecular weight is 487 g/mol. The largest absolute Gasteiger partial charge is 0.343 e. The zero-order valence-corrected chi connectivity index (χ0v) is 21.8. The first-order valence-electron chi connectivity index (χ1n) is 12.2. The normalized spacial score (nSPS) is 13.1. The molecule has 1 aliphatic rings. The number of hydrogen-bond donors (Lipinski definition) is 0. The number of allylic oxidation sites excluding steroid dienone is 3. The summed E-state index contributed by atoms with van der Waals surface area (Å²) in [6.07, 6.45) is 6.11. The second-order valence-corrected chi connectivity index (χ2v) is 9.87.